The molecule has 2 aromatic heterocycles. The van der Waals surface area contributed by atoms with Gasteiger partial charge in [0.1, 0.15) is 0 Å². The van der Waals surface area contributed by atoms with Gasteiger partial charge in [0, 0.05) is 44.9 Å². The zero-order valence-electron chi connectivity index (χ0n) is 14.6. The first kappa shape index (κ1) is 17.4. The van der Waals surface area contributed by atoms with Gasteiger partial charge < -0.3 is 20.1 Å². The van der Waals surface area contributed by atoms with Crippen molar-refractivity contribution in [1.29, 1.82) is 0 Å². The van der Waals surface area contributed by atoms with Gasteiger partial charge in [0.2, 0.25) is 0 Å². The molecule has 0 fully saturated rings. The molecule has 1 amide bonds. The fourth-order valence-corrected chi connectivity index (χ4v) is 2.27. The van der Waals surface area contributed by atoms with E-state index in [0.717, 1.165) is 11.3 Å². The van der Waals surface area contributed by atoms with E-state index in [0.29, 0.717) is 24.7 Å². The van der Waals surface area contributed by atoms with Crippen molar-refractivity contribution < 1.29 is 9.32 Å². The minimum absolute atomic E-state index is 0.248. The molecule has 0 radical (unpaired) electrons. The zero-order chi connectivity index (χ0) is 18.4. The number of benzene rings is 1. The summed E-state index contributed by atoms with van der Waals surface area (Å²) in [6.45, 7) is 0.931. The second kappa shape index (κ2) is 8.11. The van der Waals surface area contributed by atoms with E-state index < -0.39 is 0 Å². The van der Waals surface area contributed by atoms with E-state index in [9.17, 15) is 4.79 Å². The van der Waals surface area contributed by atoms with Crippen LogP contribution in [0.1, 0.15) is 10.5 Å². The van der Waals surface area contributed by atoms with Crippen molar-refractivity contribution in [3.8, 4) is 11.3 Å². The van der Waals surface area contributed by atoms with Crippen molar-refractivity contribution in [1.82, 2.24) is 20.7 Å². The second-order valence-electron chi connectivity index (χ2n) is 5.82. The number of nitrogens with one attached hydrogen (secondary N) is 2. The highest BCUT2D eigenvalue weighted by atomic mass is 16.5. The van der Waals surface area contributed by atoms with Crippen LogP contribution in [-0.4, -0.2) is 48.4 Å². The van der Waals surface area contributed by atoms with Gasteiger partial charge in [-0.15, -0.1) is 5.10 Å². The Morgan fingerprint density at radius 1 is 1.15 bits per heavy atom. The molecule has 3 rings (SSSR count). The number of aromatic nitrogens is 3. The monoisotopic (exact) mass is 352 g/mol. The summed E-state index contributed by atoms with van der Waals surface area (Å²) >= 11 is 0. The number of nitrogens with zero attached hydrogens (tertiary/aromatic N) is 4. The Bertz CT molecular complexity index is 863. The van der Waals surface area contributed by atoms with Gasteiger partial charge in [0.25, 0.3) is 5.91 Å². The molecule has 2 heterocycles. The van der Waals surface area contributed by atoms with Gasteiger partial charge in [-0.1, -0.05) is 35.5 Å². The van der Waals surface area contributed by atoms with Crippen LogP contribution in [-0.2, 0) is 0 Å². The Kier molecular flexibility index (Phi) is 5.43. The van der Waals surface area contributed by atoms with Crippen LogP contribution in [0.2, 0.25) is 0 Å². The lowest BCUT2D eigenvalue weighted by Gasteiger charge is -2.12. The van der Waals surface area contributed by atoms with Crippen LogP contribution in [0.4, 0.5) is 11.5 Å². The van der Waals surface area contributed by atoms with Crippen LogP contribution in [0.5, 0.6) is 0 Å². The third kappa shape index (κ3) is 4.35. The summed E-state index contributed by atoms with van der Waals surface area (Å²) in [4.78, 5) is 14.1. The third-order valence-electron chi connectivity index (χ3n) is 3.67. The summed E-state index contributed by atoms with van der Waals surface area (Å²) in [7, 11) is 3.87. The van der Waals surface area contributed by atoms with Gasteiger partial charge in [-0.2, -0.15) is 5.10 Å². The molecule has 0 aliphatic rings. The largest absolute Gasteiger partial charge is 0.376 e. The van der Waals surface area contributed by atoms with Gasteiger partial charge in [0.05, 0.1) is 11.9 Å². The minimum Gasteiger partial charge on any atom is -0.376 e. The van der Waals surface area contributed by atoms with E-state index in [4.69, 9.17) is 4.52 Å². The number of hydrogen-bond acceptors (Lipinski definition) is 7. The number of amides is 1. The lowest BCUT2D eigenvalue weighted by atomic mass is 10.1. The molecule has 0 saturated heterocycles. The number of hydrogen-bond donors (Lipinski definition) is 2. The maximum absolute atomic E-state index is 12.1. The fraction of sp³-hybridized carbons (Fsp3) is 0.222. The van der Waals surface area contributed by atoms with Crippen molar-refractivity contribution in [2.75, 3.05) is 37.4 Å². The van der Waals surface area contributed by atoms with Gasteiger partial charge in [-0.3, -0.25) is 4.79 Å². The first-order valence-corrected chi connectivity index (χ1v) is 8.18. The first-order chi connectivity index (χ1) is 12.6. The summed E-state index contributed by atoms with van der Waals surface area (Å²) in [5.74, 6) is 0.925. The van der Waals surface area contributed by atoms with Crippen LogP contribution < -0.4 is 15.5 Å². The third-order valence-corrected chi connectivity index (χ3v) is 3.67. The van der Waals surface area contributed by atoms with E-state index in [1.54, 1.807) is 12.3 Å². The van der Waals surface area contributed by atoms with Crippen molar-refractivity contribution in [3.05, 3.63) is 54.4 Å². The van der Waals surface area contributed by atoms with E-state index in [1.807, 2.05) is 55.4 Å². The van der Waals surface area contributed by atoms with E-state index in [-0.39, 0.29) is 11.6 Å². The average Bonchev–Trinajstić information content (AvgIpc) is 3.16. The van der Waals surface area contributed by atoms with Gasteiger partial charge in [0.15, 0.2) is 17.3 Å². The molecule has 134 valence electrons. The molecule has 3 aromatic rings. The summed E-state index contributed by atoms with van der Waals surface area (Å²) in [6.07, 6.45) is 1.68. The van der Waals surface area contributed by atoms with Crippen LogP contribution in [0.15, 0.2) is 53.2 Å². The topological polar surface area (TPSA) is 96.2 Å². The Labute approximate surface area is 151 Å². The summed E-state index contributed by atoms with van der Waals surface area (Å²) in [6, 6.07) is 13.0. The zero-order valence-corrected chi connectivity index (χ0v) is 14.6. The predicted molar refractivity (Wildman–Crippen MR) is 99.1 cm³/mol. The molecule has 0 spiro atoms. The van der Waals surface area contributed by atoms with Crippen LogP contribution in [0, 0.1) is 0 Å². The van der Waals surface area contributed by atoms with E-state index >= 15 is 0 Å². The van der Waals surface area contributed by atoms with Gasteiger partial charge >= 0.3 is 0 Å². The quantitative estimate of drug-likeness (QED) is 0.628. The standard InChI is InChI=1S/C18H20N6O2/c1-24(2)14-10-17(22-21-12-14)19-8-9-20-18(25)15-11-16(26-23-15)13-6-4-3-5-7-13/h3-7,10-12H,8-9H2,1-2H3,(H,19,22)(H,20,25). The highest BCUT2D eigenvalue weighted by Crippen LogP contribution is 2.19. The molecule has 0 aliphatic heterocycles. The molecular formula is C18H20N6O2. The Morgan fingerprint density at radius 2 is 1.96 bits per heavy atom. The number of carbonyl (C=O) groups is 1. The molecule has 0 saturated carbocycles. The predicted octanol–water partition coefficient (Wildman–Crippen LogP) is 2.04. The highest BCUT2D eigenvalue weighted by molar-refractivity contribution is 5.93. The summed E-state index contributed by atoms with van der Waals surface area (Å²) in [5, 5.41) is 17.7. The molecule has 0 unspecified atom stereocenters. The van der Waals surface area contributed by atoms with Crippen LogP contribution >= 0.6 is 0 Å². The Hall–Kier alpha value is -3.42. The molecule has 0 aliphatic carbocycles. The smallest absolute Gasteiger partial charge is 0.273 e. The van der Waals surface area contributed by atoms with Crippen molar-refractivity contribution in [3.63, 3.8) is 0 Å². The van der Waals surface area contributed by atoms with Crippen molar-refractivity contribution in [2.45, 2.75) is 0 Å². The van der Waals surface area contributed by atoms with Crippen LogP contribution in [0.25, 0.3) is 11.3 Å². The minimum atomic E-state index is -0.286. The maximum atomic E-state index is 12.1. The lowest BCUT2D eigenvalue weighted by molar-refractivity contribution is 0.0946. The first-order valence-electron chi connectivity index (χ1n) is 8.18. The number of anilines is 2. The van der Waals surface area contributed by atoms with Crippen molar-refractivity contribution in [2.24, 2.45) is 0 Å². The molecular weight excluding hydrogens is 332 g/mol. The van der Waals surface area contributed by atoms with Crippen molar-refractivity contribution >= 4 is 17.4 Å². The van der Waals surface area contributed by atoms with E-state index in [1.165, 1.54) is 0 Å². The highest BCUT2D eigenvalue weighted by Gasteiger charge is 2.13. The molecule has 1 aromatic carbocycles. The van der Waals surface area contributed by atoms with Gasteiger partial charge in [-0.25, -0.2) is 0 Å². The average molecular weight is 352 g/mol. The Balaban J connectivity index is 1.49. The lowest BCUT2D eigenvalue weighted by Crippen LogP contribution is -2.29. The SMILES string of the molecule is CN(C)c1cnnc(NCCNC(=O)c2cc(-c3ccccc3)on2)c1. The normalized spacial score (nSPS) is 10.4. The second-order valence-corrected chi connectivity index (χ2v) is 5.82. The summed E-state index contributed by atoms with van der Waals surface area (Å²) < 4.78 is 5.23. The Morgan fingerprint density at radius 3 is 2.73 bits per heavy atom. The number of carbonyl (C=O) groups excluding carboxylic acids is 1. The molecule has 0 atom stereocenters. The molecule has 0 bridgehead atoms. The summed E-state index contributed by atoms with van der Waals surface area (Å²) in [5.41, 5.74) is 2.07. The molecule has 8 heteroatoms. The number of rotatable bonds is 7. The van der Waals surface area contributed by atoms with Crippen LogP contribution in [0.3, 0.4) is 0 Å². The van der Waals surface area contributed by atoms with Gasteiger partial charge in [-0.05, 0) is 0 Å². The molecule has 26 heavy (non-hydrogen) atoms. The van der Waals surface area contributed by atoms with E-state index in [2.05, 4.69) is 26.0 Å². The maximum Gasteiger partial charge on any atom is 0.273 e. The fourth-order valence-electron chi connectivity index (χ4n) is 2.27. The molecule has 8 nitrogen and oxygen atoms in total. The molecule has 2 N–H and O–H groups in total.